The van der Waals surface area contributed by atoms with Crippen LogP contribution in [0.1, 0.15) is 29.4 Å². The molecule has 2 heterocycles. The van der Waals surface area contributed by atoms with Crippen molar-refractivity contribution >= 4 is 5.78 Å². The fraction of sp³-hybridized carbons (Fsp3) is 0.308. The molecule has 2 rings (SSSR count). The zero-order chi connectivity index (χ0) is 13.0. The third-order valence-corrected chi connectivity index (χ3v) is 2.60. The predicted octanol–water partition coefficient (Wildman–Crippen LogP) is 1.93. The van der Waals surface area contributed by atoms with Crippen molar-refractivity contribution in [3.8, 4) is 5.75 Å². The van der Waals surface area contributed by atoms with Gasteiger partial charge in [-0.25, -0.2) is 0 Å². The maximum absolute atomic E-state index is 12.4. The molecule has 0 saturated heterocycles. The molecule has 2 aromatic rings. The molecular formula is C13H15N3O2. The van der Waals surface area contributed by atoms with Gasteiger partial charge in [0.2, 0.25) is 5.78 Å². The third kappa shape index (κ3) is 2.25. The Labute approximate surface area is 105 Å². The molecule has 0 spiro atoms. The van der Waals surface area contributed by atoms with Gasteiger partial charge in [0.15, 0.2) is 11.4 Å². The molecular weight excluding hydrogens is 230 g/mol. The van der Waals surface area contributed by atoms with Crippen LogP contribution in [0.3, 0.4) is 0 Å². The van der Waals surface area contributed by atoms with Crippen molar-refractivity contribution < 1.29 is 9.53 Å². The second-order valence-electron chi connectivity index (χ2n) is 3.86. The van der Waals surface area contributed by atoms with Gasteiger partial charge in [-0.05, 0) is 18.6 Å². The first-order chi connectivity index (χ1) is 8.77. The zero-order valence-electron chi connectivity index (χ0n) is 10.5. The van der Waals surface area contributed by atoms with E-state index in [-0.39, 0.29) is 5.78 Å². The van der Waals surface area contributed by atoms with E-state index < -0.39 is 0 Å². The number of hydrogen-bond acceptors (Lipinski definition) is 4. The lowest BCUT2D eigenvalue weighted by molar-refractivity contribution is 0.102. The number of methoxy groups -OCH3 is 1. The molecule has 0 aliphatic rings. The van der Waals surface area contributed by atoms with Crippen molar-refractivity contribution in [2.24, 2.45) is 0 Å². The summed E-state index contributed by atoms with van der Waals surface area (Å²) in [7, 11) is 1.54. The topological polar surface area (TPSA) is 57.0 Å². The second kappa shape index (κ2) is 5.44. The van der Waals surface area contributed by atoms with Gasteiger partial charge in [-0.1, -0.05) is 6.92 Å². The molecule has 0 aliphatic carbocycles. The fourth-order valence-corrected chi connectivity index (χ4v) is 1.76. The van der Waals surface area contributed by atoms with E-state index in [2.05, 4.69) is 10.1 Å². The molecule has 0 atom stereocenters. The first-order valence-corrected chi connectivity index (χ1v) is 5.82. The Bertz CT molecular complexity index is 534. The minimum absolute atomic E-state index is 0.120. The predicted molar refractivity (Wildman–Crippen MR) is 66.7 cm³/mol. The van der Waals surface area contributed by atoms with Crippen LogP contribution in [0.25, 0.3) is 0 Å². The number of ketones is 1. The summed E-state index contributed by atoms with van der Waals surface area (Å²) >= 11 is 0. The molecule has 0 aromatic carbocycles. The Morgan fingerprint density at radius 1 is 1.44 bits per heavy atom. The molecule has 0 amide bonds. The number of carbonyl (C=O) groups excluding carboxylic acids is 1. The molecule has 94 valence electrons. The molecule has 0 N–H and O–H groups in total. The highest BCUT2D eigenvalue weighted by Crippen LogP contribution is 2.21. The summed E-state index contributed by atoms with van der Waals surface area (Å²) in [5.41, 5.74) is 1.01. The van der Waals surface area contributed by atoms with Crippen molar-refractivity contribution in [3.63, 3.8) is 0 Å². The van der Waals surface area contributed by atoms with Gasteiger partial charge >= 0.3 is 0 Å². The van der Waals surface area contributed by atoms with Crippen molar-refractivity contribution in [1.29, 1.82) is 0 Å². The monoisotopic (exact) mass is 245 g/mol. The third-order valence-electron chi connectivity index (χ3n) is 2.60. The normalized spacial score (nSPS) is 10.3. The van der Waals surface area contributed by atoms with Crippen molar-refractivity contribution in [1.82, 2.24) is 14.8 Å². The van der Waals surface area contributed by atoms with E-state index in [0.29, 0.717) is 23.6 Å². The van der Waals surface area contributed by atoms with Gasteiger partial charge in [-0.3, -0.25) is 14.5 Å². The minimum atomic E-state index is -0.120. The van der Waals surface area contributed by atoms with Gasteiger partial charge in [0.1, 0.15) is 0 Å². The van der Waals surface area contributed by atoms with Crippen molar-refractivity contribution in [3.05, 3.63) is 42.0 Å². The molecule has 5 nitrogen and oxygen atoms in total. The van der Waals surface area contributed by atoms with E-state index >= 15 is 0 Å². The van der Waals surface area contributed by atoms with Crippen LogP contribution in [-0.4, -0.2) is 27.7 Å². The van der Waals surface area contributed by atoms with E-state index in [1.807, 2.05) is 6.92 Å². The summed E-state index contributed by atoms with van der Waals surface area (Å²) in [6.07, 6.45) is 5.65. The Kier molecular flexibility index (Phi) is 3.72. The molecule has 0 fully saturated rings. The van der Waals surface area contributed by atoms with Gasteiger partial charge in [0.25, 0.3) is 0 Å². The first kappa shape index (κ1) is 12.3. The van der Waals surface area contributed by atoms with Crippen LogP contribution in [0.4, 0.5) is 0 Å². The highest BCUT2D eigenvalue weighted by atomic mass is 16.5. The number of carbonyl (C=O) groups is 1. The number of hydrogen-bond donors (Lipinski definition) is 0. The standard InChI is InChI=1S/C13H15N3O2/c1-3-7-16-12(11(18-2)9-15-16)13(17)10-5-4-6-14-8-10/h4-6,8-9H,3,7H2,1-2H3. The quantitative estimate of drug-likeness (QED) is 0.755. The molecule has 0 radical (unpaired) electrons. The molecule has 0 saturated carbocycles. The van der Waals surface area contributed by atoms with Crippen LogP contribution in [0.5, 0.6) is 5.75 Å². The first-order valence-electron chi connectivity index (χ1n) is 5.82. The Balaban J connectivity index is 2.43. The Morgan fingerprint density at radius 2 is 2.28 bits per heavy atom. The van der Waals surface area contributed by atoms with E-state index in [1.165, 1.54) is 7.11 Å². The van der Waals surface area contributed by atoms with E-state index in [9.17, 15) is 4.79 Å². The average Bonchev–Trinajstić information content (AvgIpc) is 2.82. The minimum Gasteiger partial charge on any atom is -0.493 e. The van der Waals surface area contributed by atoms with Crippen molar-refractivity contribution in [2.45, 2.75) is 19.9 Å². The van der Waals surface area contributed by atoms with Crippen LogP contribution >= 0.6 is 0 Å². The fourth-order valence-electron chi connectivity index (χ4n) is 1.76. The lowest BCUT2D eigenvalue weighted by atomic mass is 10.1. The number of aromatic nitrogens is 3. The molecule has 2 aromatic heterocycles. The van der Waals surface area contributed by atoms with Gasteiger partial charge in [-0.2, -0.15) is 5.10 Å². The van der Waals surface area contributed by atoms with Crippen LogP contribution < -0.4 is 4.74 Å². The van der Waals surface area contributed by atoms with E-state index in [0.717, 1.165) is 6.42 Å². The van der Waals surface area contributed by atoms with Gasteiger partial charge in [0.05, 0.1) is 13.3 Å². The summed E-state index contributed by atoms with van der Waals surface area (Å²) in [4.78, 5) is 16.4. The summed E-state index contributed by atoms with van der Waals surface area (Å²) < 4.78 is 6.87. The maximum Gasteiger partial charge on any atom is 0.216 e. The molecule has 18 heavy (non-hydrogen) atoms. The van der Waals surface area contributed by atoms with Crippen LogP contribution in [0.15, 0.2) is 30.7 Å². The molecule has 5 heteroatoms. The van der Waals surface area contributed by atoms with Crippen LogP contribution in [-0.2, 0) is 6.54 Å². The smallest absolute Gasteiger partial charge is 0.216 e. The number of pyridine rings is 1. The maximum atomic E-state index is 12.4. The second-order valence-corrected chi connectivity index (χ2v) is 3.86. The summed E-state index contributed by atoms with van der Waals surface area (Å²) in [6, 6.07) is 3.47. The van der Waals surface area contributed by atoms with E-state index in [1.54, 1.807) is 35.4 Å². The van der Waals surface area contributed by atoms with Crippen molar-refractivity contribution in [2.75, 3.05) is 7.11 Å². The number of aryl methyl sites for hydroxylation is 1. The number of nitrogens with zero attached hydrogens (tertiary/aromatic N) is 3. The highest BCUT2D eigenvalue weighted by Gasteiger charge is 2.20. The largest absolute Gasteiger partial charge is 0.493 e. The number of rotatable bonds is 5. The SMILES string of the molecule is CCCn1ncc(OC)c1C(=O)c1cccnc1. The van der Waals surface area contributed by atoms with Crippen LogP contribution in [0.2, 0.25) is 0 Å². The Hall–Kier alpha value is -2.17. The van der Waals surface area contributed by atoms with Crippen LogP contribution in [0, 0.1) is 0 Å². The van der Waals surface area contributed by atoms with Gasteiger partial charge in [0, 0.05) is 24.5 Å². The molecule has 0 bridgehead atoms. The van der Waals surface area contributed by atoms with E-state index in [4.69, 9.17) is 4.74 Å². The lowest BCUT2D eigenvalue weighted by Crippen LogP contribution is -2.12. The summed E-state index contributed by atoms with van der Waals surface area (Å²) in [5, 5.41) is 4.17. The average molecular weight is 245 g/mol. The lowest BCUT2D eigenvalue weighted by Gasteiger charge is -2.07. The zero-order valence-corrected chi connectivity index (χ0v) is 10.5. The van der Waals surface area contributed by atoms with Gasteiger partial charge < -0.3 is 4.74 Å². The number of ether oxygens (including phenoxy) is 1. The molecule has 0 aliphatic heterocycles. The van der Waals surface area contributed by atoms with Gasteiger partial charge in [-0.15, -0.1) is 0 Å². The summed E-state index contributed by atoms with van der Waals surface area (Å²) in [6.45, 7) is 2.72. The molecule has 0 unspecified atom stereocenters. The highest BCUT2D eigenvalue weighted by molar-refractivity contribution is 6.09. The Morgan fingerprint density at radius 3 is 2.89 bits per heavy atom. The summed E-state index contributed by atoms with van der Waals surface area (Å²) in [5.74, 6) is 0.378.